The molecule has 0 amide bonds. The first kappa shape index (κ1) is 101. The Bertz CT molecular complexity index is 7020. The van der Waals surface area contributed by atoms with Crippen molar-refractivity contribution in [1.82, 2.24) is 30.0 Å². The van der Waals surface area contributed by atoms with Gasteiger partial charge >= 0.3 is 0 Å². The minimum Gasteiger partial charge on any atom is -0.487 e. The highest BCUT2D eigenvalue weighted by Gasteiger charge is 2.42. The van der Waals surface area contributed by atoms with Crippen LogP contribution in [0.15, 0.2) is 398 Å². The van der Waals surface area contributed by atoms with E-state index < -0.39 is 40.9 Å². The molecule has 0 saturated carbocycles. The van der Waals surface area contributed by atoms with Gasteiger partial charge in [0, 0.05) is 0 Å². The highest BCUT2D eigenvalue weighted by atomic mass is 32.2. The van der Waals surface area contributed by atoms with Crippen LogP contribution in [-0.2, 0) is 76.8 Å². The van der Waals surface area contributed by atoms with Crippen LogP contribution in [0.2, 0.25) is 0 Å². The van der Waals surface area contributed by atoms with Crippen molar-refractivity contribution in [1.29, 1.82) is 0 Å². The smallest absolute Gasteiger partial charge is 0.295 e. The van der Waals surface area contributed by atoms with Crippen molar-refractivity contribution in [3.8, 4) is 89.6 Å². The summed E-state index contributed by atoms with van der Waals surface area (Å²) >= 11 is 0. The Balaban J connectivity index is 0.597. The largest absolute Gasteiger partial charge is 0.487 e. The minimum absolute atomic E-state index is 0.000131. The summed E-state index contributed by atoms with van der Waals surface area (Å²) in [6.07, 6.45) is 5.89. The van der Waals surface area contributed by atoms with E-state index in [1.165, 1.54) is 79.2 Å². The summed E-state index contributed by atoms with van der Waals surface area (Å²) in [6.45, 7) is 40.1. The molecule has 14 nitrogen and oxygen atoms in total. The molecule has 18 aromatic rings. The van der Waals surface area contributed by atoms with Gasteiger partial charge in [-0.25, -0.2) is 9.36 Å². The second-order valence-electron chi connectivity index (χ2n) is 44.6. The average Bonchev–Trinajstić information content (AvgIpc) is 0.748. The zero-order valence-electron chi connectivity index (χ0n) is 86.4. The summed E-state index contributed by atoms with van der Waals surface area (Å²) in [6, 6.07) is 132. The molecule has 0 saturated heterocycles. The Hall–Kier alpha value is -15.0. The van der Waals surface area contributed by atoms with E-state index in [9.17, 15) is 25.9 Å². The van der Waals surface area contributed by atoms with Gasteiger partial charge in [-0.2, -0.15) is 16.8 Å². The van der Waals surface area contributed by atoms with Crippen LogP contribution in [0, 0.1) is 0 Å². The molecule has 0 unspecified atom stereocenters. The molecule has 0 radical (unpaired) electrons. The van der Waals surface area contributed by atoms with Crippen LogP contribution in [0.1, 0.15) is 225 Å². The van der Waals surface area contributed by atoms with E-state index in [-0.39, 0.29) is 68.2 Å². The predicted octanol–water partition coefficient (Wildman–Crippen LogP) is 31.2. The minimum atomic E-state index is -4.95. The fourth-order valence-corrected chi connectivity index (χ4v) is 21.0. The van der Waals surface area contributed by atoms with Gasteiger partial charge in [0.25, 0.3) is 20.2 Å². The number of benzene rings is 16. The Morgan fingerprint density at radius 1 is 0.233 bits per heavy atom. The van der Waals surface area contributed by atoms with Crippen molar-refractivity contribution in [2.45, 2.75) is 191 Å². The molecule has 0 atom stereocenters. The molecule has 16 heteroatoms. The zero-order chi connectivity index (χ0) is 103. The highest BCUT2D eigenvalue weighted by molar-refractivity contribution is 7.86. The van der Waals surface area contributed by atoms with Gasteiger partial charge < -0.3 is 9.47 Å². The number of nitrogens with zero attached hydrogens (tertiary/aromatic N) is 6. The molecule has 0 aliphatic carbocycles. The molecule has 2 heterocycles. The van der Waals surface area contributed by atoms with Crippen LogP contribution in [0.3, 0.4) is 0 Å². The lowest BCUT2D eigenvalue weighted by atomic mass is 9.64. The fraction of sp³-hybridized carbons (Fsp3) is 0.215. The van der Waals surface area contributed by atoms with E-state index in [1.54, 1.807) is 24.5 Å². The lowest BCUT2D eigenvalue weighted by Crippen LogP contribution is -2.31. The molecular weight excluding hydrogens is 1840 g/mol. The first-order valence-corrected chi connectivity index (χ1v) is 52.7. The highest BCUT2D eigenvalue weighted by Crippen LogP contribution is 2.51. The van der Waals surface area contributed by atoms with Crippen LogP contribution in [0.25, 0.3) is 90.3 Å². The molecule has 0 aliphatic rings. The van der Waals surface area contributed by atoms with E-state index in [1.807, 2.05) is 24.3 Å². The molecular formula is C130H126N6O8S2. The summed E-state index contributed by atoms with van der Waals surface area (Å²) in [4.78, 5) is -1.01. The van der Waals surface area contributed by atoms with Crippen molar-refractivity contribution in [3.63, 3.8) is 0 Å². The number of hydrogen-bond acceptors (Lipinski definition) is 10. The van der Waals surface area contributed by atoms with Crippen LogP contribution in [0.4, 0.5) is 0 Å². The van der Waals surface area contributed by atoms with Crippen molar-refractivity contribution < 1.29 is 35.4 Å². The Labute approximate surface area is 861 Å². The number of rotatable bonds is 26. The lowest BCUT2D eigenvalue weighted by molar-refractivity contribution is 0.301. The number of ether oxygens (including phenoxy) is 2. The normalized spacial score (nSPS) is 12.7. The molecule has 2 N–H and O–H groups in total. The van der Waals surface area contributed by atoms with Gasteiger partial charge in [-0.05, 0) is 237 Å². The Morgan fingerprint density at radius 2 is 0.397 bits per heavy atom. The van der Waals surface area contributed by atoms with Crippen LogP contribution < -0.4 is 9.47 Å². The lowest BCUT2D eigenvalue weighted by Gasteiger charge is -2.37. The second-order valence-corrected chi connectivity index (χ2v) is 47.4. The summed E-state index contributed by atoms with van der Waals surface area (Å²) in [7, 11) is -9.89. The fourth-order valence-electron chi connectivity index (χ4n) is 19.6. The maximum atomic E-state index is 13.4. The third kappa shape index (κ3) is 21.7. The average molecular weight is 1960 g/mol. The topological polar surface area (TPSA) is 189 Å². The summed E-state index contributed by atoms with van der Waals surface area (Å²) in [5, 5.41) is 17.6. The first-order chi connectivity index (χ1) is 69.3. The third-order valence-corrected chi connectivity index (χ3v) is 30.2. The SMILES string of the molecule is CC(C)(C)c1ccc(-c2ccc(C(c3ccc(OCc4cn(-c5ccc(/C=C/c6ccc(-n7cc(COc8ccc(C(c9ccc(-c%10ccc(C(C)(C)C)cc%10)cc9)(c9ccc(-c%10ccc(C(C)(C)C)cc%10)cc9)c9ccc(-c%10ccc(C(C)(C)C)cc%10)cc9)cc8)nn7)cc6S(=O)(=O)O)c(S(=O)(=O)O)c5)nn4)cc3)(c3ccc(-c4ccc(C(C)(C)C)cc4)cc3)c3ccc(-c4ccc(C(C)(C)C)cc4)cc3)cc2)cc1. The predicted molar refractivity (Wildman–Crippen MR) is 594 cm³/mol. The summed E-state index contributed by atoms with van der Waals surface area (Å²) in [5.74, 6) is 1.12. The standard InChI is InChI=1S/C130H126N6O8S2/c1-123(2,3)101-47-21-87(22-48-101)93-33-59-107(60-34-93)129(108-61-35-94(36-62-108)88-23-49-102(50-24-88)124(4,5)6,109-63-37-95(38-64-109)89-25-51-103(52-26-89)125(7,8)9)113-71-77-119(78-72-113)143-85-115-83-135(133-131-115)117-75-45-99(121(81-117)145(137,138)139)19-20-100-46-76-118(82-122(100)146(140,141)142)136-84-116(132-134-136)86-144-120-79-73-114(74-80-120)130(110-65-39-96(40-66-110)90-27-53-104(54-28-90)126(10,11)12,111-67-41-97(42-68-111)91-29-55-105(56-30-91)127(13,14)15)112-69-43-98(44-70-112)92-31-57-106(58-32-92)128(16,17)18/h19-84H,85-86H2,1-18H3,(H,137,138,139)(H,140,141,142)/b20-19+. The van der Waals surface area contributed by atoms with Crippen molar-refractivity contribution in [2.75, 3.05) is 0 Å². The summed E-state index contributed by atoms with van der Waals surface area (Å²) in [5.41, 5.74) is 28.9. The molecule has 736 valence electrons. The third-order valence-electron chi connectivity index (χ3n) is 28.4. The summed E-state index contributed by atoms with van der Waals surface area (Å²) < 4.78 is 91.1. The quantitative estimate of drug-likeness (QED) is 0.0297. The van der Waals surface area contributed by atoms with E-state index in [0.717, 1.165) is 111 Å². The van der Waals surface area contributed by atoms with Gasteiger partial charge in [0.2, 0.25) is 0 Å². The zero-order valence-corrected chi connectivity index (χ0v) is 88.0. The van der Waals surface area contributed by atoms with Crippen LogP contribution in [0.5, 0.6) is 11.5 Å². The van der Waals surface area contributed by atoms with E-state index in [2.05, 4.69) is 461 Å². The van der Waals surface area contributed by atoms with E-state index in [0.29, 0.717) is 22.9 Å². The van der Waals surface area contributed by atoms with Gasteiger partial charge in [0.15, 0.2) is 0 Å². The van der Waals surface area contributed by atoms with Crippen molar-refractivity contribution in [2.24, 2.45) is 0 Å². The Morgan fingerprint density at radius 3 is 0.562 bits per heavy atom. The molecule has 146 heavy (non-hydrogen) atoms. The van der Waals surface area contributed by atoms with Gasteiger partial charge in [-0.15, -0.1) is 10.2 Å². The van der Waals surface area contributed by atoms with Gasteiger partial charge in [0.05, 0.1) is 34.6 Å². The van der Waals surface area contributed by atoms with Gasteiger partial charge in [-0.3, -0.25) is 9.11 Å². The monoisotopic (exact) mass is 1960 g/mol. The number of aromatic nitrogens is 6. The molecule has 0 fully saturated rings. The molecule has 0 spiro atoms. The first-order valence-electron chi connectivity index (χ1n) is 49.8. The molecule has 0 aliphatic heterocycles. The van der Waals surface area contributed by atoms with E-state index in [4.69, 9.17) is 9.47 Å². The second kappa shape index (κ2) is 39.8. The maximum absolute atomic E-state index is 13.4. The van der Waals surface area contributed by atoms with E-state index >= 15 is 0 Å². The van der Waals surface area contributed by atoms with Crippen molar-refractivity contribution >= 4 is 32.4 Å². The molecule has 0 bridgehead atoms. The van der Waals surface area contributed by atoms with Crippen molar-refractivity contribution in [3.05, 3.63) is 489 Å². The van der Waals surface area contributed by atoms with Gasteiger partial charge in [0.1, 0.15) is 45.9 Å². The molecule has 18 rings (SSSR count). The number of hydrogen-bond donors (Lipinski definition) is 2. The van der Waals surface area contributed by atoms with Gasteiger partial charge in [-0.1, -0.05) is 475 Å². The maximum Gasteiger partial charge on any atom is 0.295 e. The molecule has 16 aromatic carbocycles. The molecule has 2 aromatic heterocycles. The Kier molecular flexibility index (Phi) is 27.6. The van der Waals surface area contributed by atoms with Crippen LogP contribution in [-0.4, -0.2) is 55.9 Å². The van der Waals surface area contributed by atoms with Crippen LogP contribution >= 0.6 is 0 Å².